The van der Waals surface area contributed by atoms with Gasteiger partial charge in [-0.2, -0.15) is 11.8 Å². The van der Waals surface area contributed by atoms with Crippen molar-refractivity contribution in [1.29, 1.82) is 0 Å². The van der Waals surface area contributed by atoms with E-state index in [0.717, 1.165) is 22.6 Å². The minimum atomic E-state index is 0.703. The number of nitrogens with one attached hydrogen (secondary N) is 1. The molecule has 0 saturated carbocycles. The second-order valence-corrected chi connectivity index (χ2v) is 6.66. The standard InChI is InChI=1S/C12H15BrN4S/c13-10-8-17-5-4-14-12(17)11(16-10)15-7-9-3-1-2-6-18-9/h4-5,8-9H,1-3,6-7H2,(H,15,16). The number of rotatable bonds is 3. The second kappa shape index (κ2) is 5.48. The summed E-state index contributed by atoms with van der Waals surface area (Å²) in [4.78, 5) is 8.80. The summed E-state index contributed by atoms with van der Waals surface area (Å²) in [6.07, 6.45) is 9.66. The summed E-state index contributed by atoms with van der Waals surface area (Å²) in [6.45, 7) is 0.969. The Balaban J connectivity index is 1.75. The maximum absolute atomic E-state index is 4.47. The third-order valence-corrected chi connectivity index (χ3v) is 4.90. The topological polar surface area (TPSA) is 42.2 Å². The lowest BCUT2D eigenvalue weighted by Crippen LogP contribution is -2.20. The van der Waals surface area contributed by atoms with E-state index in [1.165, 1.54) is 25.0 Å². The Morgan fingerprint density at radius 2 is 2.44 bits per heavy atom. The van der Waals surface area contributed by atoms with Crippen molar-refractivity contribution in [3.8, 4) is 0 Å². The van der Waals surface area contributed by atoms with Gasteiger partial charge in [0.25, 0.3) is 0 Å². The molecule has 6 heteroatoms. The molecule has 4 nitrogen and oxygen atoms in total. The van der Waals surface area contributed by atoms with Gasteiger partial charge in [0.15, 0.2) is 11.5 Å². The van der Waals surface area contributed by atoms with Gasteiger partial charge in [0.1, 0.15) is 4.60 Å². The van der Waals surface area contributed by atoms with Crippen molar-refractivity contribution in [3.05, 3.63) is 23.2 Å². The molecule has 2 aromatic heterocycles. The zero-order valence-electron chi connectivity index (χ0n) is 9.97. The average Bonchev–Trinajstić information content (AvgIpc) is 2.85. The van der Waals surface area contributed by atoms with Gasteiger partial charge in [0.2, 0.25) is 0 Å². The molecule has 1 atom stereocenters. The molecule has 1 unspecified atom stereocenters. The van der Waals surface area contributed by atoms with Crippen molar-refractivity contribution in [2.45, 2.75) is 24.5 Å². The van der Waals surface area contributed by atoms with Crippen LogP contribution in [0.25, 0.3) is 5.65 Å². The van der Waals surface area contributed by atoms with Gasteiger partial charge in [-0.1, -0.05) is 6.42 Å². The summed E-state index contributed by atoms with van der Waals surface area (Å²) in [5.74, 6) is 2.15. The van der Waals surface area contributed by atoms with Crippen LogP contribution in [0.2, 0.25) is 0 Å². The molecule has 3 rings (SSSR count). The SMILES string of the molecule is Brc1cn2ccnc2c(NCC2CCCCS2)n1. The predicted octanol–water partition coefficient (Wildman–Crippen LogP) is 3.19. The van der Waals surface area contributed by atoms with Crippen molar-refractivity contribution in [1.82, 2.24) is 14.4 Å². The normalized spacial score (nSPS) is 20.2. The Hall–Kier alpha value is -0.750. The molecular weight excluding hydrogens is 312 g/mol. The van der Waals surface area contributed by atoms with Crippen molar-refractivity contribution < 1.29 is 0 Å². The quantitative estimate of drug-likeness (QED) is 0.940. The monoisotopic (exact) mass is 326 g/mol. The molecule has 2 aromatic rings. The van der Waals surface area contributed by atoms with Crippen molar-refractivity contribution in [3.63, 3.8) is 0 Å². The molecule has 0 amide bonds. The Labute approximate surface area is 119 Å². The largest absolute Gasteiger partial charge is 0.366 e. The fourth-order valence-electron chi connectivity index (χ4n) is 2.20. The molecule has 0 aliphatic carbocycles. The van der Waals surface area contributed by atoms with Crippen LogP contribution in [0, 0.1) is 0 Å². The van der Waals surface area contributed by atoms with Crippen molar-refractivity contribution >= 4 is 39.2 Å². The van der Waals surface area contributed by atoms with E-state index in [4.69, 9.17) is 0 Å². The molecule has 0 bridgehead atoms. The maximum atomic E-state index is 4.47. The van der Waals surface area contributed by atoms with E-state index in [-0.39, 0.29) is 0 Å². The number of nitrogens with zero attached hydrogens (tertiary/aromatic N) is 3. The molecule has 96 valence electrons. The fourth-order valence-corrected chi connectivity index (χ4v) is 3.84. The first-order valence-electron chi connectivity index (χ1n) is 6.17. The maximum Gasteiger partial charge on any atom is 0.180 e. The van der Waals surface area contributed by atoms with Crippen LogP contribution < -0.4 is 5.32 Å². The molecule has 1 fully saturated rings. The molecule has 1 saturated heterocycles. The lowest BCUT2D eigenvalue weighted by molar-refractivity contribution is 0.677. The number of hydrogen-bond donors (Lipinski definition) is 1. The molecule has 18 heavy (non-hydrogen) atoms. The van der Waals surface area contributed by atoms with Gasteiger partial charge < -0.3 is 9.72 Å². The van der Waals surface area contributed by atoms with Crippen LogP contribution in [0.5, 0.6) is 0 Å². The van der Waals surface area contributed by atoms with Crippen LogP contribution in [0.4, 0.5) is 5.82 Å². The molecule has 1 aliphatic rings. The fraction of sp³-hybridized carbons (Fsp3) is 0.500. The van der Waals surface area contributed by atoms with Crippen LogP contribution >= 0.6 is 27.7 Å². The Morgan fingerprint density at radius 3 is 3.28 bits per heavy atom. The summed E-state index contributed by atoms with van der Waals surface area (Å²) in [7, 11) is 0. The number of fused-ring (bicyclic) bond motifs is 1. The first kappa shape index (κ1) is 12.3. The lowest BCUT2D eigenvalue weighted by Gasteiger charge is -2.21. The zero-order valence-corrected chi connectivity index (χ0v) is 12.4. The van der Waals surface area contributed by atoms with Gasteiger partial charge in [0, 0.05) is 30.4 Å². The third kappa shape index (κ3) is 2.64. The molecule has 1 N–H and O–H groups in total. The lowest BCUT2D eigenvalue weighted by atomic mass is 10.2. The Bertz CT molecular complexity index is 536. The van der Waals surface area contributed by atoms with Crippen LogP contribution in [0.1, 0.15) is 19.3 Å². The first-order valence-corrected chi connectivity index (χ1v) is 8.02. The van der Waals surface area contributed by atoms with E-state index < -0.39 is 0 Å². The highest BCUT2D eigenvalue weighted by Crippen LogP contribution is 2.25. The van der Waals surface area contributed by atoms with Gasteiger partial charge in [-0.25, -0.2) is 9.97 Å². The first-order chi connectivity index (χ1) is 8.83. The smallest absolute Gasteiger partial charge is 0.180 e. The minimum Gasteiger partial charge on any atom is -0.366 e. The van der Waals surface area contributed by atoms with E-state index in [1.807, 2.05) is 16.8 Å². The van der Waals surface area contributed by atoms with Crippen LogP contribution in [-0.2, 0) is 0 Å². The summed E-state index contributed by atoms with van der Waals surface area (Å²) in [5.41, 5.74) is 0.888. The van der Waals surface area contributed by atoms with Gasteiger partial charge >= 0.3 is 0 Å². The third-order valence-electron chi connectivity index (χ3n) is 3.12. The minimum absolute atomic E-state index is 0.703. The number of aromatic nitrogens is 3. The number of halogens is 1. The van der Waals surface area contributed by atoms with Gasteiger partial charge in [-0.3, -0.25) is 0 Å². The Kier molecular flexibility index (Phi) is 3.75. The number of anilines is 1. The average molecular weight is 327 g/mol. The summed E-state index contributed by atoms with van der Waals surface area (Å²) >= 11 is 5.49. The molecular formula is C12H15BrN4S. The summed E-state index contributed by atoms with van der Waals surface area (Å²) in [5, 5.41) is 4.14. The highest BCUT2D eigenvalue weighted by Gasteiger charge is 2.14. The van der Waals surface area contributed by atoms with E-state index in [9.17, 15) is 0 Å². The van der Waals surface area contributed by atoms with E-state index in [2.05, 4.69) is 43.0 Å². The summed E-state index contributed by atoms with van der Waals surface area (Å²) < 4.78 is 2.81. The van der Waals surface area contributed by atoms with Gasteiger partial charge in [0.05, 0.1) is 0 Å². The molecule has 3 heterocycles. The van der Waals surface area contributed by atoms with Crippen LogP contribution in [0.3, 0.4) is 0 Å². The number of thioether (sulfide) groups is 1. The number of hydrogen-bond acceptors (Lipinski definition) is 4. The summed E-state index contributed by atoms with van der Waals surface area (Å²) in [6, 6.07) is 0. The van der Waals surface area contributed by atoms with Crippen molar-refractivity contribution in [2.24, 2.45) is 0 Å². The Morgan fingerprint density at radius 1 is 1.50 bits per heavy atom. The molecule has 0 radical (unpaired) electrons. The van der Waals surface area contributed by atoms with Crippen molar-refractivity contribution in [2.75, 3.05) is 17.6 Å². The van der Waals surface area contributed by atoms with Gasteiger partial charge in [-0.15, -0.1) is 0 Å². The molecule has 0 spiro atoms. The molecule has 0 aromatic carbocycles. The highest BCUT2D eigenvalue weighted by molar-refractivity contribution is 9.10. The van der Waals surface area contributed by atoms with Gasteiger partial charge in [-0.05, 0) is 34.5 Å². The highest BCUT2D eigenvalue weighted by atomic mass is 79.9. The second-order valence-electron chi connectivity index (χ2n) is 4.44. The van der Waals surface area contributed by atoms with Crippen LogP contribution in [-0.4, -0.2) is 31.9 Å². The van der Waals surface area contributed by atoms with E-state index in [1.54, 1.807) is 6.20 Å². The number of imidazole rings is 1. The van der Waals surface area contributed by atoms with E-state index in [0.29, 0.717) is 5.25 Å². The predicted molar refractivity (Wildman–Crippen MR) is 79.3 cm³/mol. The van der Waals surface area contributed by atoms with Crippen LogP contribution in [0.15, 0.2) is 23.2 Å². The zero-order chi connectivity index (χ0) is 12.4. The molecule has 1 aliphatic heterocycles. The van der Waals surface area contributed by atoms with E-state index >= 15 is 0 Å².